The number of anilines is 2. The zero-order valence-corrected chi connectivity index (χ0v) is 18.9. The minimum atomic E-state index is -4.04. The average molecular weight is 488 g/mol. The predicted octanol–water partition coefficient (Wildman–Crippen LogP) is 2.11. The molecule has 3 aromatic carbocycles. The Kier molecular flexibility index (Phi) is 6.00. The molecule has 0 unspecified atom stereocenters. The number of benzene rings is 3. The molecule has 1 heterocycles. The topological polar surface area (TPSA) is 133 Å². The smallest absolute Gasteiger partial charge is 0.326 e. The van der Waals surface area contributed by atoms with Crippen molar-refractivity contribution in [3.8, 4) is 5.75 Å². The van der Waals surface area contributed by atoms with Gasteiger partial charge in [0.2, 0.25) is 10.0 Å². The molecule has 1 saturated heterocycles. The molecule has 4 rings (SSSR count). The van der Waals surface area contributed by atoms with E-state index in [9.17, 15) is 26.7 Å². The molecule has 0 spiro atoms. The number of hydrogen-bond donors (Lipinski definition) is 3. The van der Waals surface area contributed by atoms with Crippen molar-refractivity contribution in [2.75, 3.05) is 15.6 Å². The Morgan fingerprint density at radius 1 is 0.970 bits per heavy atom. The number of amides is 1. The quantitative estimate of drug-likeness (QED) is 0.468. The molecular formula is C22H21N3O6S2. The van der Waals surface area contributed by atoms with Crippen LogP contribution in [-0.2, 0) is 37.2 Å². The summed E-state index contributed by atoms with van der Waals surface area (Å²) in [5.41, 5.74) is 2.35. The number of nitrogens with zero attached hydrogens (tertiary/aromatic N) is 1. The Bertz CT molecular complexity index is 1410. The molecular weight excluding hydrogens is 466 g/mol. The van der Waals surface area contributed by atoms with Gasteiger partial charge in [0.15, 0.2) is 0 Å². The van der Waals surface area contributed by atoms with Crippen LogP contribution in [0.4, 0.5) is 11.4 Å². The van der Waals surface area contributed by atoms with Crippen molar-refractivity contribution in [3.05, 3.63) is 89.5 Å². The van der Waals surface area contributed by atoms with Gasteiger partial charge in [-0.2, -0.15) is 8.42 Å². The van der Waals surface area contributed by atoms with Crippen molar-refractivity contribution in [1.29, 1.82) is 0 Å². The molecule has 0 aromatic heterocycles. The Hall–Kier alpha value is -3.57. The lowest BCUT2D eigenvalue weighted by molar-refractivity contribution is -0.117. The van der Waals surface area contributed by atoms with Gasteiger partial charge in [0, 0.05) is 0 Å². The zero-order valence-electron chi connectivity index (χ0n) is 17.3. The molecule has 0 aliphatic carbocycles. The van der Waals surface area contributed by atoms with Gasteiger partial charge >= 0.3 is 10.2 Å². The number of rotatable bonds is 7. The number of para-hydroxylation sites is 1. The molecule has 3 aromatic rings. The van der Waals surface area contributed by atoms with Crippen LogP contribution in [0, 0.1) is 0 Å². The minimum absolute atomic E-state index is 0.0195. The number of sulfonamides is 1. The Balaban J connectivity index is 1.55. The van der Waals surface area contributed by atoms with Crippen LogP contribution in [0.2, 0.25) is 0 Å². The van der Waals surface area contributed by atoms with Gasteiger partial charge in [-0.25, -0.2) is 17.4 Å². The van der Waals surface area contributed by atoms with E-state index in [0.29, 0.717) is 22.4 Å². The normalized spacial score (nSPS) is 15.3. The molecule has 1 fully saturated rings. The third-order valence-electron chi connectivity index (χ3n) is 5.01. The first kappa shape index (κ1) is 22.6. The average Bonchev–Trinajstić information content (AvgIpc) is 3.01. The third kappa shape index (κ3) is 5.26. The summed E-state index contributed by atoms with van der Waals surface area (Å²) < 4.78 is 54.6. The van der Waals surface area contributed by atoms with E-state index in [1.807, 2.05) is 10.8 Å². The van der Waals surface area contributed by atoms with Crippen molar-refractivity contribution in [1.82, 2.24) is 4.72 Å². The van der Waals surface area contributed by atoms with E-state index in [-0.39, 0.29) is 23.6 Å². The highest BCUT2D eigenvalue weighted by Gasteiger charge is 2.35. The Morgan fingerprint density at radius 3 is 2.33 bits per heavy atom. The SMILES string of the molecule is O=C1CN(c2ccc(Cc3ccccc3NS(=O)(=O)Cc3ccccc3)cc2O)S(=O)(=O)N1. The molecule has 0 bridgehead atoms. The fourth-order valence-electron chi connectivity index (χ4n) is 3.54. The lowest BCUT2D eigenvalue weighted by Crippen LogP contribution is -2.29. The fraction of sp³-hybridized carbons (Fsp3) is 0.136. The van der Waals surface area contributed by atoms with Crippen molar-refractivity contribution < 1.29 is 26.7 Å². The van der Waals surface area contributed by atoms with Gasteiger partial charge < -0.3 is 5.11 Å². The summed E-state index contributed by atoms with van der Waals surface area (Å²) in [7, 11) is -7.70. The number of carbonyl (C=O) groups excluding carboxylic acids is 1. The highest BCUT2D eigenvalue weighted by Crippen LogP contribution is 2.32. The molecule has 0 radical (unpaired) electrons. The lowest BCUT2D eigenvalue weighted by Gasteiger charge is -2.17. The summed E-state index contributed by atoms with van der Waals surface area (Å²) in [6.07, 6.45) is 0.280. The van der Waals surface area contributed by atoms with E-state index in [1.165, 1.54) is 12.1 Å². The molecule has 3 N–H and O–H groups in total. The van der Waals surface area contributed by atoms with Crippen LogP contribution in [0.5, 0.6) is 5.75 Å². The van der Waals surface area contributed by atoms with Crippen molar-refractivity contribution in [3.63, 3.8) is 0 Å². The third-order valence-corrected chi connectivity index (χ3v) is 7.64. The van der Waals surface area contributed by atoms with Gasteiger partial charge in [0.1, 0.15) is 12.3 Å². The molecule has 11 heteroatoms. The highest BCUT2D eigenvalue weighted by atomic mass is 32.2. The van der Waals surface area contributed by atoms with E-state index < -0.39 is 32.7 Å². The summed E-state index contributed by atoms with van der Waals surface area (Å²) >= 11 is 0. The van der Waals surface area contributed by atoms with Crippen LogP contribution in [0.15, 0.2) is 72.8 Å². The second kappa shape index (κ2) is 8.75. The lowest BCUT2D eigenvalue weighted by atomic mass is 10.0. The van der Waals surface area contributed by atoms with Crippen LogP contribution in [-0.4, -0.2) is 34.4 Å². The number of carbonyl (C=O) groups is 1. The van der Waals surface area contributed by atoms with Gasteiger partial charge in [-0.3, -0.25) is 9.52 Å². The number of nitrogens with one attached hydrogen (secondary N) is 2. The molecule has 9 nitrogen and oxygen atoms in total. The Labute approximate surface area is 191 Å². The molecule has 1 aliphatic rings. The molecule has 1 aliphatic heterocycles. The molecule has 1 amide bonds. The van der Waals surface area contributed by atoms with Gasteiger partial charge in [-0.1, -0.05) is 54.6 Å². The van der Waals surface area contributed by atoms with Crippen molar-refractivity contribution in [2.45, 2.75) is 12.2 Å². The minimum Gasteiger partial charge on any atom is -0.506 e. The van der Waals surface area contributed by atoms with E-state index in [1.54, 1.807) is 54.6 Å². The highest BCUT2D eigenvalue weighted by molar-refractivity contribution is 7.92. The number of hydrogen-bond acceptors (Lipinski definition) is 6. The molecule has 0 saturated carbocycles. The first-order chi connectivity index (χ1) is 15.6. The molecule has 0 atom stereocenters. The number of aromatic hydroxyl groups is 1. The second-order valence-corrected chi connectivity index (χ2v) is 10.9. The first-order valence-electron chi connectivity index (χ1n) is 9.90. The van der Waals surface area contributed by atoms with E-state index in [0.717, 1.165) is 4.31 Å². The molecule has 33 heavy (non-hydrogen) atoms. The largest absolute Gasteiger partial charge is 0.506 e. The van der Waals surface area contributed by atoms with Crippen molar-refractivity contribution >= 4 is 37.5 Å². The fourth-order valence-corrected chi connectivity index (χ4v) is 5.94. The first-order valence-corrected chi connectivity index (χ1v) is 13.0. The van der Waals surface area contributed by atoms with Crippen LogP contribution < -0.4 is 13.7 Å². The van der Waals surface area contributed by atoms with E-state index >= 15 is 0 Å². The molecule has 172 valence electrons. The number of phenolic OH excluding ortho intramolecular Hbond substituents is 1. The maximum Gasteiger partial charge on any atom is 0.326 e. The number of phenols is 1. The maximum atomic E-state index is 12.7. The second-order valence-electron chi connectivity index (χ2n) is 7.54. The summed E-state index contributed by atoms with van der Waals surface area (Å²) in [6.45, 7) is -0.415. The van der Waals surface area contributed by atoms with Crippen LogP contribution in [0.25, 0.3) is 0 Å². The van der Waals surface area contributed by atoms with Crippen molar-refractivity contribution in [2.24, 2.45) is 0 Å². The summed E-state index contributed by atoms with van der Waals surface area (Å²) in [4.78, 5) is 11.5. The van der Waals surface area contributed by atoms with Gasteiger partial charge in [-0.15, -0.1) is 0 Å². The standard InChI is InChI=1S/C22H21N3O6S2/c26-21-13-17(10-11-20(21)25-14-22(27)24-33(25,30)31)12-18-8-4-5-9-19(18)23-32(28,29)15-16-6-2-1-3-7-16/h1-11,13,23,26H,12,14-15H2,(H,24,27). The van der Waals surface area contributed by atoms with E-state index in [4.69, 9.17) is 0 Å². The summed E-state index contributed by atoms with van der Waals surface area (Å²) in [6, 6.07) is 20.1. The predicted molar refractivity (Wildman–Crippen MR) is 124 cm³/mol. The van der Waals surface area contributed by atoms with Gasteiger partial charge in [0.25, 0.3) is 5.91 Å². The van der Waals surface area contributed by atoms with Gasteiger partial charge in [-0.05, 0) is 41.3 Å². The monoisotopic (exact) mass is 487 g/mol. The van der Waals surface area contributed by atoms with Crippen LogP contribution in [0.3, 0.4) is 0 Å². The van der Waals surface area contributed by atoms with Crippen LogP contribution >= 0.6 is 0 Å². The van der Waals surface area contributed by atoms with Gasteiger partial charge in [0.05, 0.1) is 17.1 Å². The van der Waals surface area contributed by atoms with E-state index in [2.05, 4.69) is 4.72 Å². The summed E-state index contributed by atoms with van der Waals surface area (Å²) in [5.74, 6) is -1.17. The Morgan fingerprint density at radius 2 is 1.67 bits per heavy atom. The maximum absolute atomic E-state index is 12.7. The zero-order chi connectivity index (χ0) is 23.6. The van der Waals surface area contributed by atoms with Crippen LogP contribution in [0.1, 0.15) is 16.7 Å². The summed E-state index contributed by atoms with van der Waals surface area (Å²) in [5, 5.41) is 10.4.